The Balaban J connectivity index is 1.50. The summed E-state index contributed by atoms with van der Waals surface area (Å²) in [4.78, 5) is 13.0. The molecule has 1 aliphatic carbocycles. The number of anilines is 1. The van der Waals surface area contributed by atoms with E-state index >= 15 is 0 Å². The van der Waals surface area contributed by atoms with Crippen LogP contribution in [0.25, 0.3) is 0 Å². The number of fused-ring (bicyclic) bond motifs is 3. The number of carbonyl (C=O) groups is 1. The number of nitrogens with one attached hydrogen (secondary N) is 2. The second kappa shape index (κ2) is 9.14. The Labute approximate surface area is 195 Å². The third-order valence-corrected chi connectivity index (χ3v) is 6.55. The number of amides is 1. The van der Waals surface area contributed by atoms with Crippen molar-refractivity contribution in [1.29, 1.82) is 0 Å². The van der Waals surface area contributed by atoms with E-state index in [1.807, 2.05) is 56.3 Å². The number of ether oxygens (including phenoxy) is 1. The average Bonchev–Trinajstić information content (AvgIpc) is 3.33. The van der Waals surface area contributed by atoms with Crippen LogP contribution in [-0.2, 0) is 6.61 Å². The molecule has 3 atom stereocenters. The number of hydrogen-bond acceptors (Lipinski definition) is 3. The molecule has 1 heterocycles. The summed E-state index contributed by atoms with van der Waals surface area (Å²) in [6.45, 7) is 4.49. The van der Waals surface area contributed by atoms with Crippen molar-refractivity contribution in [2.45, 2.75) is 44.9 Å². The van der Waals surface area contributed by atoms with E-state index in [0.29, 0.717) is 18.1 Å². The number of para-hydroxylation sites is 2. The maximum Gasteiger partial charge on any atom is 0.253 e. The number of rotatable bonds is 6. The summed E-state index contributed by atoms with van der Waals surface area (Å²) in [7, 11) is 0. The predicted molar refractivity (Wildman–Crippen MR) is 133 cm³/mol. The highest BCUT2D eigenvalue weighted by Gasteiger charge is 2.40. The molecular formula is C29H30N2O2. The summed E-state index contributed by atoms with van der Waals surface area (Å²) in [5, 5.41) is 6.82. The summed E-state index contributed by atoms with van der Waals surface area (Å²) in [6, 6.07) is 24.7. The van der Waals surface area contributed by atoms with Crippen LogP contribution in [0.1, 0.15) is 59.3 Å². The molecule has 3 aromatic rings. The van der Waals surface area contributed by atoms with Gasteiger partial charge in [-0.1, -0.05) is 72.8 Å². The van der Waals surface area contributed by atoms with Crippen LogP contribution >= 0.6 is 0 Å². The highest BCUT2D eigenvalue weighted by molar-refractivity contribution is 6.01. The number of carbonyl (C=O) groups excluding carboxylic acids is 1. The zero-order valence-electron chi connectivity index (χ0n) is 19.1. The molecule has 4 nitrogen and oxygen atoms in total. The fraction of sp³-hybridized carbons (Fsp3) is 0.276. The largest absolute Gasteiger partial charge is 0.489 e. The van der Waals surface area contributed by atoms with Crippen molar-refractivity contribution >= 4 is 11.6 Å². The van der Waals surface area contributed by atoms with E-state index in [1.54, 1.807) is 0 Å². The monoisotopic (exact) mass is 438 g/mol. The zero-order chi connectivity index (χ0) is 22.8. The molecule has 168 valence electrons. The van der Waals surface area contributed by atoms with Crippen LogP contribution in [0.4, 0.5) is 5.69 Å². The van der Waals surface area contributed by atoms with Crippen LogP contribution in [0.2, 0.25) is 0 Å². The van der Waals surface area contributed by atoms with Gasteiger partial charge in [-0.25, -0.2) is 0 Å². The Bertz CT molecular complexity index is 1170. The molecule has 0 saturated carbocycles. The summed E-state index contributed by atoms with van der Waals surface area (Å²) < 4.78 is 6.30. The number of benzene rings is 3. The lowest BCUT2D eigenvalue weighted by Gasteiger charge is -2.39. The first-order valence-corrected chi connectivity index (χ1v) is 11.7. The van der Waals surface area contributed by atoms with Gasteiger partial charge in [0.25, 0.3) is 5.91 Å². The van der Waals surface area contributed by atoms with Gasteiger partial charge in [0.05, 0.1) is 17.3 Å². The minimum absolute atomic E-state index is 0.0397. The van der Waals surface area contributed by atoms with Crippen LogP contribution in [0.3, 0.4) is 0 Å². The minimum atomic E-state index is -0.0397. The van der Waals surface area contributed by atoms with Crippen LogP contribution in [-0.4, -0.2) is 11.9 Å². The van der Waals surface area contributed by atoms with Gasteiger partial charge in [0.1, 0.15) is 12.4 Å². The first-order chi connectivity index (χ1) is 16.1. The van der Waals surface area contributed by atoms with Gasteiger partial charge in [-0.05, 0) is 49.4 Å². The first kappa shape index (κ1) is 21.3. The lowest BCUT2D eigenvalue weighted by molar-refractivity contribution is 0.0943. The van der Waals surface area contributed by atoms with Crippen molar-refractivity contribution in [3.8, 4) is 5.75 Å². The predicted octanol–water partition coefficient (Wildman–Crippen LogP) is 6.23. The highest BCUT2D eigenvalue weighted by Crippen LogP contribution is 2.51. The fourth-order valence-electron chi connectivity index (χ4n) is 5.06. The van der Waals surface area contributed by atoms with Crippen molar-refractivity contribution in [3.63, 3.8) is 0 Å². The molecule has 1 aliphatic heterocycles. The van der Waals surface area contributed by atoms with Gasteiger partial charge in [0.15, 0.2) is 0 Å². The average molecular weight is 439 g/mol. The van der Waals surface area contributed by atoms with Crippen molar-refractivity contribution in [1.82, 2.24) is 5.32 Å². The van der Waals surface area contributed by atoms with E-state index in [2.05, 4.69) is 53.1 Å². The van der Waals surface area contributed by atoms with Crippen LogP contribution < -0.4 is 15.4 Å². The standard InChI is InChI=1S/C29H30N2O2/c1-19(2)30-29(32)25-16-9-15-23-21-13-8-14-22(21)27(31-28(23)25)24-12-6-7-17-26(24)33-18-20-10-4-3-5-11-20/h3-13,15-17,19,21-22,27,31H,14,18H2,1-2H3,(H,30,32). The minimum Gasteiger partial charge on any atom is -0.489 e. The lowest BCUT2D eigenvalue weighted by atomic mass is 9.76. The van der Waals surface area contributed by atoms with E-state index < -0.39 is 0 Å². The molecule has 4 heteroatoms. The van der Waals surface area contributed by atoms with Crippen LogP contribution in [0, 0.1) is 5.92 Å². The van der Waals surface area contributed by atoms with E-state index in [1.165, 1.54) is 5.56 Å². The molecule has 0 bridgehead atoms. The van der Waals surface area contributed by atoms with Crippen molar-refractivity contribution in [3.05, 3.63) is 107 Å². The molecule has 0 radical (unpaired) electrons. The molecule has 5 rings (SSSR count). The lowest BCUT2D eigenvalue weighted by Crippen LogP contribution is -2.34. The molecular weight excluding hydrogens is 408 g/mol. The quantitative estimate of drug-likeness (QED) is 0.449. The van der Waals surface area contributed by atoms with E-state index in [9.17, 15) is 4.79 Å². The van der Waals surface area contributed by atoms with Gasteiger partial charge >= 0.3 is 0 Å². The maximum atomic E-state index is 13.0. The molecule has 3 unspecified atom stereocenters. The highest BCUT2D eigenvalue weighted by atomic mass is 16.5. The Morgan fingerprint density at radius 2 is 1.76 bits per heavy atom. The molecule has 2 N–H and O–H groups in total. The number of hydrogen-bond donors (Lipinski definition) is 2. The molecule has 33 heavy (non-hydrogen) atoms. The molecule has 0 saturated heterocycles. The molecule has 2 aliphatic rings. The summed E-state index contributed by atoms with van der Waals surface area (Å²) in [5.74, 6) is 1.50. The van der Waals surface area contributed by atoms with Gasteiger partial charge in [0, 0.05) is 17.5 Å². The Hall–Kier alpha value is -3.53. The molecule has 1 amide bonds. The molecule has 0 spiro atoms. The molecule has 0 aromatic heterocycles. The van der Waals surface area contributed by atoms with Crippen molar-refractivity contribution in [2.75, 3.05) is 5.32 Å². The summed E-state index contributed by atoms with van der Waals surface area (Å²) in [5.41, 5.74) is 5.11. The van der Waals surface area contributed by atoms with Gasteiger partial charge < -0.3 is 15.4 Å². The van der Waals surface area contributed by atoms with Gasteiger partial charge in [-0.2, -0.15) is 0 Å². The van der Waals surface area contributed by atoms with Gasteiger partial charge in [0.2, 0.25) is 0 Å². The second-order valence-electron chi connectivity index (χ2n) is 9.19. The van der Waals surface area contributed by atoms with E-state index in [-0.39, 0.29) is 23.9 Å². The fourth-order valence-corrected chi connectivity index (χ4v) is 5.06. The second-order valence-corrected chi connectivity index (χ2v) is 9.19. The number of allylic oxidation sites excluding steroid dienone is 2. The SMILES string of the molecule is CC(C)NC(=O)c1cccc2c1NC(c1ccccc1OCc1ccccc1)C1CC=CC21. The third kappa shape index (κ3) is 4.25. The Morgan fingerprint density at radius 1 is 1.00 bits per heavy atom. The van der Waals surface area contributed by atoms with Crippen LogP contribution in [0.15, 0.2) is 84.9 Å². The first-order valence-electron chi connectivity index (χ1n) is 11.7. The third-order valence-electron chi connectivity index (χ3n) is 6.55. The van der Waals surface area contributed by atoms with E-state index in [4.69, 9.17) is 4.74 Å². The summed E-state index contributed by atoms with van der Waals surface area (Å²) >= 11 is 0. The molecule has 3 aromatic carbocycles. The Morgan fingerprint density at radius 3 is 2.58 bits per heavy atom. The van der Waals surface area contributed by atoms with Crippen LogP contribution in [0.5, 0.6) is 5.75 Å². The molecule has 0 fully saturated rings. The van der Waals surface area contributed by atoms with E-state index in [0.717, 1.165) is 29.0 Å². The topological polar surface area (TPSA) is 50.4 Å². The van der Waals surface area contributed by atoms with Gasteiger partial charge in [-0.15, -0.1) is 0 Å². The smallest absolute Gasteiger partial charge is 0.253 e. The van der Waals surface area contributed by atoms with Crippen molar-refractivity contribution in [2.24, 2.45) is 5.92 Å². The van der Waals surface area contributed by atoms with Crippen molar-refractivity contribution < 1.29 is 9.53 Å². The van der Waals surface area contributed by atoms with Gasteiger partial charge in [-0.3, -0.25) is 4.79 Å². The Kier molecular flexibility index (Phi) is 5.91. The summed E-state index contributed by atoms with van der Waals surface area (Å²) in [6.07, 6.45) is 5.57. The maximum absolute atomic E-state index is 13.0. The zero-order valence-corrected chi connectivity index (χ0v) is 19.1. The normalized spacial score (nSPS) is 20.6.